The Morgan fingerprint density at radius 2 is 1.83 bits per heavy atom. The number of nitrogens with one attached hydrogen (secondary N) is 1. The van der Waals surface area contributed by atoms with Crippen molar-refractivity contribution in [3.8, 4) is 5.88 Å². The van der Waals surface area contributed by atoms with Crippen LogP contribution in [0.3, 0.4) is 0 Å². The second-order valence-corrected chi connectivity index (χ2v) is 8.50. The number of pyridine rings is 1. The number of alkyl halides is 3. The molecule has 0 aliphatic carbocycles. The van der Waals surface area contributed by atoms with Crippen LogP contribution in [0.4, 0.5) is 29.1 Å². The molecular weight excluding hydrogens is 464 g/mol. The average molecular weight is 493 g/mol. The highest BCUT2D eigenvalue weighted by atomic mass is 19.4. The van der Waals surface area contributed by atoms with Crippen molar-refractivity contribution in [2.75, 3.05) is 50.1 Å². The second kappa shape index (κ2) is 9.80. The van der Waals surface area contributed by atoms with Crippen LogP contribution in [0.2, 0.25) is 0 Å². The summed E-state index contributed by atoms with van der Waals surface area (Å²) in [5, 5.41) is 3.65. The van der Waals surface area contributed by atoms with E-state index in [1.54, 1.807) is 21.0 Å². The monoisotopic (exact) mass is 492 g/mol. The molecule has 1 aromatic carbocycles. The lowest BCUT2D eigenvalue weighted by Gasteiger charge is -2.35. The smallest absolute Gasteiger partial charge is 0.419 e. The van der Waals surface area contributed by atoms with Crippen molar-refractivity contribution in [2.24, 2.45) is 0 Å². The molecule has 2 aromatic heterocycles. The van der Waals surface area contributed by atoms with E-state index in [1.165, 1.54) is 12.1 Å². The van der Waals surface area contributed by atoms with E-state index in [4.69, 9.17) is 4.74 Å². The van der Waals surface area contributed by atoms with Gasteiger partial charge in [-0.25, -0.2) is 14.4 Å². The minimum absolute atomic E-state index is 0.110. The third-order valence-electron chi connectivity index (χ3n) is 6.25. The predicted octanol–water partition coefficient (Wildman–Crippen LogP) is 4.81. The van der Waals surface area contributed by atoms with Gasteiger partial charge in [0, 0.05) is 31.7 Å². The van der Waals surface area contributed by atoms with Gasteiger partial charge >= 0.3 is 6.18 Å². The molecule has 0 unspecified atom stereocenters. The van der Waals surface area contributed by atoms with Gasteiger partial charge in [0.15, 0.2) is 5.65 Å². The summed E-state index contributed by atoms with van der Waals surface area (Å²) in [6.07, 6.45) is -4.78. The van der Waals surface area contributed by atoms with E-state index in [0.29, 0.717) is 28.6 Å². The number of hydrogen-bond acceptors (Lipinski definition) is 7. The lowest BCUT2D eigenvalue weighted by molar-refractivity contribution is -0.140. The summed E-state index contributed by atoms with van der Waals surface area (Å²) >= 11 is 0. The first-order valence-electron chi connectivity index (χ1n) is 11.4. The van der Waals surface area contributed by atoms with Crippen molar-refractivity contribution >= 4 is 22.5 Å². The van der Waals surface area contributed by atoms with Crippen molar-refractivity contribution in [1.29, 1.82) is 0 Å². The summed E-state index contributed by atoms with van der Waals surface area (Å²) in [7, 11) is 1.55. The summed E-state index contributed by atoms with van der Waals surface area (Å²) in [4.78, 5) is 18.0. The Hall–Kier alpha value is -3.21. The van der Waals surface area contributed by atoms with Gasteiger partial charge in [-0.2, -0.15) is 18.2 Å². The normalized spacial score (nSPS) is 15.9. The van der Waals surface area contributed by atoms with Crippen LogP contribution in [0.25, 0.3) is 11.0 Å². The molecule has 3 aromatic rings. The van der Waals surface area contributed by atoms with Gasteiger partial charge in [-0.1, -0.05) is 19.1 Å². The summed E-state index contributed by atoms with van der Waals surface area (Å²) in [6.45, 7) is 9.76. The van der Waals surface area contributed by atoms with Gasteiger partial charge in [0.25, 0.3) is 0 Å². The second-order valence-electron chi connectivity index (χ2n) is 8.50. The van der Waals surface area contributed by atoms with E-state index in [-0.39, 0.29) is 5.56 Å². The maximum Gasteiger partial charge on any atom is 0.419 e. The topological polar surface area (TPSA) is 66.4 Å². The van der Waals surface area contributed by atoms with Crippen molar-refractivity contribution in [1.82, 2.24) is 19.9 Å². The van der Waals surface area contributed by atoms with Gasteiger partial charge in [0.1, 0.15) is 23.1 Å². The predicted molar refractivity (Wildman–Crippen MR) is 126 cm³/mol. The number of aryl methyl sites for hydroxylation is 1. The molecule has 0 spiro atoms. The maximum atomic E-state index is 14.7. The van der Waals surface area contributed by atoms with Gasteiger partial charge in [0.2, 0.25) is 5.88 Å². The van der Waals surface area contributed by atoms with E-state index < -0.39 is 23.6 Å². The first-order valence-corrected chi connectivity index (χ1v) is 11.4. The minimum Gasteiger partial charge on any atom is -0.479 e. The third kappa shape index (κ3) is 5.09. The number of ether oxygens (including phenoxy) is 1. The van der Waals surface area contributed by atoms with Gasteiger partial charge in [-0.05, 0) is 32.5 Å². The van der Waals surface area contributed by atoms with Crippen molar-refractivity contribution < 1.29 is 22.3 Å². The van der Waals surface area contributed by atoms with E-state index in [2.05, 4.69) is 37.0 Å². The number of hydrogen-bond donors (Lipinski definition) is 1. The maximum absolute atomic E-state index is 14.7. The number of benzene rings is 1. The zero-order chi connectivity index (χ0) is 25.3. The molecule has 0 saturated carbocycles. The fraction of sp³-hybridized carbons (Fsp3) is 0.458. The first kappa shape index (κ1) is 24.9. The molecule has 0 amide bonds. The first-order chi connectivity index (χ1) is 16.6. The number of piperazine rings is 1. The Morgan fingerprint density at radius 3 is 2.46 bits per heavy atom. The quantitative estimate of drug-likeness (QED) is 0.495. The SMILES string of the molecule is CCN1CCN(c2cc3c(N[C@H](C)c4cccc(C(F)(F)F)c4F)nc(C)nc3nc2OC)CC1. The molecule has 0 bridgehead atoms. The molecule has 35 heavy (non-hydrogen) atoms. The number of fused-ring (bicyclic) bond motifs is 1. The fourth-order valence-corrected chi connectivity index (χ4v) is 4.31. The van der Waals surface area contributed by atoms with E-state index in [0.717, 1.165) is 44.5 Å². The number of aromatic nitrogens is 3. The van der Waals surface area contributed by atoms with Crippen molar-refractivity contribution in [3.05, 3.63) is 47.0 Å². The summed E-state index contributed by atoms with van der Waals surface area (Å²) in [5.74, 6) is -0.0937. The Morgan fingerprint density at radius 1 is 1.11 bits per heavy atom. The molecule has 0 radical (unpaired) electrons. The molecule has 1 atom stereocenters. The van der Waals surface area contributed by atoms with Gasteiger partial charge < -0.3 is 19.9 Å². The van der Waals surface area contributed by atoms with Crippen LogP contribution < -0.4 is 15.0 Å². The zero-order valence-electron chi connectivity index (χ0n) is 20.1. The van der Waals surface area contributed by atoms with E-state index in [1.807, 2.05) is 6.07 Å². The lowest BCUT2D eigenvalue weighted by atomic mass is 10.0. The van der Waals surface area contributed by atoms with Crippen molar-refractivity contribution in [2.45, 2.75) is 33.0 Å². The molecule has 1 aliphatic rings. The van der Waals surface area contributed by atoms with Gasteiger partial charge in [-0.15, -0.1) is 0 Å². The number of methoxy groups -OCH3 is 1. The number of halogens is 4. The summed E-state index contributed by atoms with van der Waals surface area (Å²) in [6, 6.07) is 4.34. The van der Waals surface area contributed by atoms with Gasteiger partial charge in [-0.3, -0.25) is 0 Å². The average Bonchev–Trinajstić information content (AvgIpc) is 2.82. The lowest BCUT2D eigenvalue weighted by Crippen LogP contribution is -2.46. The Bertz CT molecular complexity index is 1210. The highest BCUT2D eigenvalue weighted by Crippen LogP contribution is 2.36. The van der Waals surface area contributed by atoms with E-state index >= 15 is 0 Å². The molecule has 7 nitrogen and oxygen atoms in total. The number of anilines is 2. The van der Waals surface area contributed by atoms with Gasteiger partial charge in [0.05, 0.1) is 24.1 Å². The third-order valence-corrected chi connectivity index (χ3v) is 6.25. The van der Waals surface area contributed by atoms with Crippen LogP contribution in [0.1, 0.15) is 36.8 Å². The zero-order valence-corrected chi connectivity index (χ0v) is 20.1. The van der Waals surface area contributed by atoms with Crippen LogP contribution in [-0.4, -0.2) is 59.7 Å². The molecule has 1 saturated heterocycles. The molecule has 4 rings (SSSR count). The highest BCUT2D eigenvalue weighted by Gasteiger charge is 2.35. The fourth-order valence-electron chi connectivity index (χ4n) is 4.31. The molecule has 11 heteroatoms. The largest absolute Gasteiger partial charge is 0.479 e. The molecule has 3 heterocycles. The van der Waals surface area contributed by atoms with Crippen LogP contribution in [0.15, 0.2) is 24.3 Å². The molecule has 1 N–H and O–H groups in total. The van der Waals surface area contributed by atoms with Crippen LogP contribution in [0.5, 0.6) is 5.88 Å². The molecule has 1 fully saturated rings. The summed E-state index contributed by atoms with van der Waals surface area (Å²) in [5.41, 5.74) is -0.248. The van der Waals surface area contributed by atoms with E-state index in [9.17, 15) is 17.6 Å². The van der Waals surface area contributed by atoms with Crippen LogP contribution >= 0.6 is 0 Å². The van der Waals surface area contributed by atoms with Crippen LogP contribution in [-0.2, 0) is 6.18 Å². The van der Waals surface area contributed by atoms with Crippen molar-refractivity contribution in [3.63, 3.8) is 0 Å². The Balaban J connectivity index is 1.73. The Labute approximate surface area is 201 Å². The highest BCUT2D eigenvalue weighted by molar-refractivity contribution is 5.90. The van der Waals surface area contributed by atoms with Crippen LogP contribution in [0, 0.1) is 12.7 Å². The standard InChI is InChI=1S/C24H28F4N6O/c1-5-33-9-11-34(12-10-33)19-13-17-21(30-15(3)31-22(17)32-23(19)35-4)29-14(2)16-7-6-8-18(20(16)25)24(26,27)28/h6-8,13-14H,5,9-12H2,1-4H3,(H,29,30,31,32)/t14-/m1/s1. The number of nitrogens with zero attached hydrogens (tertiary/aromatic N) is 5. The molecular formula is C24H28F4N6O. The number of likely N-dealkylation sites (N-methyl/N-ethyl adjacent to an activating group) is 1. The molecule has 1 aliphatic heterocycles. The number of rotatable bonds is 6. The Kier molecular flexibility index (Phi) is 6.98. The minimum atomic E-state index is -4.78. The summed E-state index contributed by atoms with van der Waals surface area (Å²) < 4.78 is 59.9. The molecule has 188 valence electrons.